The monoisotopic (exact) mass is 443 g/mol. The van der Waals surface area contributed by atoms with Crippen molar-refractivity contribution in [2.24, 2.45) is 0 Å². The summed E-state index contributed by atoms with van der Waals surface area (Å²) in [5.41, 5.74) is -1.30. The van der Waals surface area contributed by atoms with Gasteiger partial charge in [0.25, 0.3) is 3.79 Å². The maximum Gasteiger partial charge on any atom is 0.265 e. The molecular weight excluding hydrogens is 421 g/mol. The molecule has 3 aliphatic rings. The van der Waals surface area contributed by atoms with E-state index in [-0.39, 0.29) is 6.61 Å². The van der Waals surface area contributed by atoms with Crippen molar-refractivity contribution >= 4 is 40.7 Å². The number of alkyl halides is 3. The van der Waals surface area contributed by atoms with Gasteiger partial charge in [-0.1, -0.05) is 40.9 Å². The van der Waals surface area contributed by atoms with Gasteiger partial charge >= 0.3 is 0 Å². The minimum atomic E-state index is -2.04. The molecule has 0 aromatic rings. The lowest BCUT2D eigenvalue weighted by Crippen LogP contribution is -2.56. The molecule has 0 bridgehead atoms. The van der Waals surface area contributed by atoms with Crippen LogP contribution in [0.1, 0.15) is 34.6 Å². The molecule has 0 spiro atoms. The number of hydrogen-bond acceptors (Lipinski definition) is 7. The van der Waals surface area contributed by atoms with Crippen LogP contribution in [-0.2, 0) is 28.4 Å². The Balaban J connectivity index is 2.00. The van der Waals surface area contributed by atoms with Crippen molar-refractivity contribution in [1.82, 2.24) is 0 Å². The zero-order valence-electron chi connectivity index (χ0n) is 15.8. The quantitative estimate of drug-likeness (QED) is 0.309. The lowest BCUT2D eigenvalue weighted by Gasteiger charge is -2.38. The standard InChI is InChI=1S/C17H24Cl3NO6/c1-6-7-16(27-13(21)17(18,19)20)10(9-8-22-14(2,3)24-9)23-12-11(16)25-15(4,5)26-12/h6-7,9-12,21H,8H2,1-5H3/b7-6-,21-13?/t9-,10-,11+,12-,16+/m1/s1. The molecule has 10 heteroatoms. The Bertz CT molecular complexity index is 635. The Morgan fingerprint density at radius 3 is 2.26 bits per heavy atom. The molecule has 0 unspecified atom stereocenters. The molecule has 0 saturated carbocycles. The van der Waals surface area contributed by atoms with E-state index in [1.807, 2.05) is 6.92 Å². The lowest BCUT2D eigenvalue weighted by atomic mass is 9.88. The summed E-state index contributed by atoms with van der Waals surface area (Å²) in [6.07, 6.45) is 0.840. The Morgan fingerprint density at radius 2 is 1.74 bits per heavy atom. The normalized spacial score (nSPS) is 40.4. The zero-order valence-corrected chi connectivity index (χ0v) is 18.0. The number of hydrogen-bond donors (Lipinski definition) is 1. The topological polar surface area (TPSA) is 79.2 Å². The van der Waals surface area contributed by atoms with Crippen molar-refractivity contribution in [3.05, 3.63) is 12.2 Å². The summed E-state index contributed by atoms with van der Waals surface area (Å²) >= 11 is 17.6. The van der Waals surface area contributed by atoms with Gasteiger partial charge < -0.3 is 28.4 Å². The number of halogens is 3. The van der Waals surface area contributed by atoms with Crippen LogP contribution >= 0.6 is 34.8 Å². The van der Waals surface area contributed by atoms with Crippen LogP contribution in [0.25, 0.3) is 0 Å². The van der Waals surface area contributed by atoms with E-state index in [4.69, 9.17) is 68.6 Å². The fourth-order valence-corrected chi connectivity index (χ4v) is 3.74. The predicted octanol–water partition coefficient (Wildman–Crippen LogP) is 3.69. The molecule has 0 amide bonds. The molecule has 3 rings (SSSR count). The fraction of sp³-hybridized carbons (Fsp3) is 0.824. The van der Waals surface area contributed by atoms with Crippen LogP contribution < -0.4 is 0 Å². The summed E-state index contributed by atoms with van der Waals surface area (Å²) in [5, 5.41) is 8.12. The number of allylic oxidation sites excluding steroid dienone is 1. The van der Waals surface area contributed by atoms with Gasteiger partial charge in [0.05, 0.1) is 6.61 Å². The molecule has 3 heterocycles. The molecule has 0 radical (unpaired) electrons. The van der Waals surface area contributed by atoms with Crippen LogP contribution in [0.15, 0.2) is 12.2 Å². The van der Waals surface area contributed by atoms with E-state index in [0.29, 0.717) is 0 Å². The Labute approximate surface area is 173 Å². The second-order valence-electron chi connectivity index (χ2n) is 7.63. The minimum Gasteiger partial charge on any atom is -0.461 e. The van der Waals surface area contributed by atoms with E-state index in [9.17, 15) is 0 Å². The van der Waals surface area contributed by atoms with Crippen molar-refractivity contribution in [2.45, 2.75) is 80.2 Å². The first kappa shape index (κ1) is 21.6. The van der Waals surface area contributed by atoms with Gasteiger partial charge in [0.1, 0.15) is 12.2 Å². The third-order valence-electron chi connectivity index (χ3n) is 4.56. The molecule has 7 nitrogen and oxygen atoms in total. The average molecular weight is 445 g/mol. The predicted molar refractivity (Wildman–Crippen MR) is 100 cm³/mol. The van der Waals surface area contributed by atoms with Crippen molar-refractivity contribution in [3.8, 4) is 0 Å². The molecule has 0 aromatic heterocycles. The van der Waals surface area contributed by atoms with Gasteiger partial charge in [0, 0.05) is 0 Å². The number of ether oxygens (including phenoxy) is 6. The van der Waals surface area contributed by atoms with Gasteiger partial charge in [-0.3, -0.25) is 5.41 Å². The summed E-state index contributed by atoms with van der Waals surface area (Å²) in [6, 6.07) is 0. The smallest absolute Gasteiger partial charge is 0.265 e. The summed E-state index contributed by atoms with van der Waals surface area (Å²) in [6.45, 7) is 9.22. The maximum absolute atomic E-state index is 8.12. The van der Waals surface area contributed by atoms with Gasteiger partial charge in [-0.05, 0) is 40.7 Å². The highest BCUT2D eigenvalue weighted by Crippen LogP contribution is 2.49. The fourth-order valence-electron chi connectivity index (χ4n) is 3.63. The minimum absolute atomic E-state index is 0.268. The molecule has 3 fully saturated rings. The van der Waals surface area contributed by atoms with E-state index < -0.39 is 51.5 Å². The molecule has 27 heavy (non-hydrogen) atoms. The van der Waals surface area contributed by atoms with E-state index in [1.54, 1.807) is 39.8 Å². The summed E-state index contributed by atoms with van der Waals surface area (Å²) in [5.74, 6) is -2.23. The van der Waals surface area contributed by atoms with Gasteiger partial charge in [0.2, 0.25) is 5.90 Å². The first-order chi connectivity index (χ1) is 12.3. The Hall–Kier alpha value is -0.120. The third kappa shape index (κ3) is 4.12. The van der Waals surface area contributed by atoms with Gasteiger partial charge in [0.15, 0.2) is 29.6 Å². The molecule has 154 valence electrons. The summed E-state index contributed by atoms with van der Waals surface area (Å²) < 4.78 is 33.6. The van der Waals surface area contributed by atoms with Crippen LogP contribution in [0.3, 0.4) is 0 Å². The number of fused-ring (bicyclic) bond motifs is 1. The van der Waals surface area contributed by atoms with Crippen LogP contribution in [-0.4, -0.2) is 58.1 Å². The molecular formula is C17H24Cl3NO6. The molecule has 3 aliphatic heterocycles. The largest absolute Gasteiger partial charge is 0.461 e. The van der Waals surface area contributed by atoms with E-state index in [0.717, 1.165) is 0 Å². The van der Waals surface area contributed by atoms with Crippen molar-refractivity contribution < 1.29 is 28.4 Å². The zero-order chi connectivity index (χ0) is 20.3. The van der Waals surface area contributed by atoms with Gasteiger partial charge in [-0.2, -0.15) is 0 Å². The Morgan fingerprint density at radius 1 is 1.07 bits per heavy atom. The average Bonchev–Trinajstić information content (AvgIpc) is 3.09. The van der Waals surface area contributed by atoms with E-state index in [2.05, 4.69) is 0 Å². The lowest BCUT2D eigenvalue weighted by molar-refractivity contribution is -0.239. The summed E-state index contributed by atoms with van der Waals surface area (Å²) in [7, 11) is 0. The molecule has 3 saturated heterocycles. The summed E-state index contributed by atoms with van der Waals surface area (Å²) in [4.78, 5) is 0. The highest BCUT2D eigenvalue weighted by atomic mass is 35.6. The van der Waals surface area contributed by atoms with Crippen LogP contribution in [0.5, 0.6) is 0 Å². The second kappa shape index (κ2) is 6.99. The molecule has 1 N–H and O–H groups in total. The van der Waals surface area contributed by atoms with Crippen molar-refractivity contribution in [3.63, 3.8) is 0 Å². The van der Waals surface area contributed by atoms with Crippen molar-refractivity contribution in [2.75, 3.05) is 6.61 Å². The van der Waals surface area contributed by atoms with Crippen LogP contribution in [0.2, 0.25) is 0 Å². The SMILES string of the molecule is C/C=C\[C@]1(OC(=N)C(Cl)(Cl)Cl)[C@@H]([C@H]2COC(C)(C)O2)O[C@@H]2OC(C)(C)O[C@@H]21. The third-order valence-corrected chi connectivity index (χ3v) is 5.07. The number of rotatable bonds is 3. The molecule has 0 aliphatic carbocycles. The highest BCUT2D eigenvalue weighted by Gasteiger charge is 2.68. The first-order valence-corrected chi connectivity index (χ1v) is 9.74. The molecule has 5 atom stereocenters. The van der Waals surface area contributed by atoms with E-state index >= 15 is 0 Å². The number of nitrogens with one attached hydrogen (secondary N) is 1. The first-order valence-electron chi connectivity index (χ1n) is 8.61. The van der Waals surface area contributed by atoms with Crippen molar-refractivity contribution in [1.29, 1.82) is 5.41 Å². The van der Waals surface area contributed by atoms with Gasteiger partial charge in [-0.15, -0.1) is 0 Å². The van der Waals surface area contributed by atoms with E-state index in [1.165, 1.54) is 0 Å². The highest BCUT2D eigenvalue weighted by molar-refractivity contribution is 6.76. The Kier molecular flexibility index (Phi) is 5.59. The van der Waals surface area contributed by atoms with Gasteiger partial charge in [-0.25, -0.2) is 0 Å². The van der Waals surface area contributed by atoms with Crippen LogP contribution in [0.4, 0.5) is 0 Å². The maximum atomic E-state index is 8.12. The van der Waals surface area contributed by atoms with Crippen LogP contribution in [0, 0.1) is 5.41 Å². The molecule has 0 aromatic carbocycles. The second-order valence-corrected chi connectivity index (χ2v) is 9.91.